The van der Waals surface area contributed by atoms with Gasteiger partial charge in [0, 0.05) is 12.2 Å². The summed E-state index contributed by atoms with van der Waals surface area (Å²) in [5, 5.41) is 3.67. The summed E-state index contributed by atoms with van der Waals surface area (Å²) in [6, 6.07) is 28.2. The summed E-state index contributed by atoms with van der Waals surface area (Å²) in [6.45, 7) is 1.62. The molecule has 0 unspecified atom stereocenters. The van der Waals surface area contributed by atoms with E-state index in [1.54, 1.807) is 0 Å². The highest BCUT2D eigenvalue weighted by Crippen LogP contribution is 2.22. The van der Waals surface area contributed by atoms with Crippen molar-refractivity contribution in [2.45, 2.75) is 38.6 Å². The Labute approximate surface area is 163 Å². The number of aryl methyl sites for hydroxylation is 3. The molecule has 0 aromatic heterocycles. The number of hydrogen-bond acceptors (Lipinski definition) is 2. The highest BCUT2D eigenvalue weighted by Gasteiger charge is 2.06. The fraction of sp³-hybridized carbons (Fsp3) is 0.280. The monoisotopic (exact) mass is 358 g/mol. The zero-order valence-electron chi connectivity index (χ0n) is 16.0. The minimum atomic E-state index is 0.772. The second kappa shape index (κ2) is 10.5. The van der Waals surface area contributed by atoms with Crippen molar-refractivity contribution in [3.8, 4) is 0 Å². The molecule has 0 heterocycles. The first-order valence-electron chi connectivity index (χ1n) is 9.99. The highest BCUT2D eigenvalue weighted by molar-refractivity contribution is 5.54. The van der Waals surface area contributed by atoms with Crippen molar-refractivity contribution in [2.24, 2.45) is 5.73 Å². The van der Waals surface area contributed by atoms with Gasteiger partial charge in [0.1, 0.15) is 0 Å². The van der Waals surface area contributed by atoms with Crippen LogP contribution in [0.4, 0.5) is 5.69 Å². The lowest BCUT2D eigenvalue weighted by Gasteiger charge is -2.15. The SMILES string of the molecule is NCCCCc1ccc(CCc2ccccc2)c(NCc2ccccc2)c1. The number of benzene rings is 3. The molecule has 0 fully saturated rings. The maximum absolute atomic E-state index is 5.64. The van der Waals surface area contributed by atoms with Crippen LogP contribution < -0.4 is 11.1 Å². The summed E-state index contributed by atoms with van der Waals surface area (Å²) >= 11 is 0. The number of unbranched alkanes of at least 4 members (excludes halogenated alkanes) is 1. The van der Waals surface area contributed by atoms with E-state index >= 15 is 0 Å². The Bertz CT molecular complexity index is 797. The molecule has 0 aliphatic heterocycles. The molecule has 2 nitrogen and oxygen atoms in total. The zero-order chi connectivity index (χ0) is 18.7. The van der Waals surface area contributed by atoms with Crippen LogP contribution in [0.2, 0.25) is 0 Å². The first-order valence-corrected chi connectivity index (χ1v) is 9.99. The van der Waals surface area contributed by atoms with Gasteiger partial charge in [0.15, 0.2) is 0 Å². The third-order valence-corrected chi connectivity index (χ3v) is 4.95. The molecular weight excluding hydrogens is 328 g/mol. The normalized spacial score (nSPS) is 10.7. The summed E-state index contributed by atoms with van der Waals surface area (Å²) in [6.07, 6.45) is 5.44. The number of rotatable bonds is 10. The average Bonchev–Trinajstić information content (AvgIpc) is 2.73. The Hall–Kier alpha value is -2.58. The summed E-state index contributed by atoms with van der Waals surface area (Å²) in [7, 11) is 0. The molecule has 2 heteroatoms. The zero-order valence-corrected chi connectivity index (χ0v) is 16.0. The van der Waals surface area contributed by atoms with E-state index in [9.17, 15) is 0 Å². The Morgan fingerprint density at radius 2 is 1.33 bits per heavy atom. The van der Waals surface area contributed by atoms with Crippen LogP contribution in [0.25, 0.3) is 0 Å². The van der Waals surface area contributed by atoms with Crippen LogP contribution in [-0.4, -0.2) is 6.54 Å². The Balaban J connectivity index is 1.71. The standard InChI is InChI=1S/C25H30N2/c26-18-8-7-11-22-15-17-24(16-14-21-9-3-1-4-10-21)25(19-22)27-20-23-12-5-2-6-13-23/h1-6,9-10,12-13,15,17,19,27H,7-8,11,14,16,18,20,26H2. The molecule has 0 bridgehead atoms. The van der Waals surface area contributed by atoms with Gasteiger partial charge in [-0.15, -0.1) is 0 Å². The molecule has 0 saturated carbocycles. The molecule has 3 rings (SSSR count). The first kappa shape index (κ1) is 19.2. The van der Waals surface area contributed by atoms with Gasteiger partial charge in [-0.1, -0.05) is 72.8 Å². The molecule has 140 valence electrons. The third-order valence-electron chi connectivity index (χ3n) is 4.95. The maximum atomic E-state index is 5.64. The van der Waals surface area contributed by atoms with Gasteiger partial charge in [-0.05, 0) is 67.0 Å². The molecule has 3 aromatic carbocycles. The molecular formula is C25H30N2. The minimum absolute atomic E-state index is 0.772. The van der Waals surface area contributed by atoms with Crippen molar-refractivity contribution in [3.05, 3.63) is 101 Å². The largest absolute Gasteiger partial charge is 0.381 e. The highest BCUT2D eigenvalue weighted by atomic mass is 14.9. The quantitative estimate of drug-likeness (QED) is 0.478. The predicted molar refractivity (Wildman–Crippen MR) is 116 cm³/mol. The molecule has 0 spiro atoms. The van der Waals surface area contributed by atoms with Gasteiger partial charge in [0.2, 0.25) is 0 Å². The van der Waals surface area contributed by atoms with E-state index in [0.29, 0.717) is 0 Å². The topological polar surface area (TPSA) is 38.0 Å². The lowest BCUT2D eigenvalue weighted by Crippen LogP contribution is -2.05. The first-order chi connectivity index (χ1) is 13.3. The molecule has 3 aromatic rings. The number of nitrogens with two attached hydrogens (primary N) is 1. The summed E-state index contributed by atoms with van der Waals surface area (Å²) in [5.41, 5.74) is 12.4. The lowest BCUT2D eigenvalue weighted by atomic mass is 9.99. The molecule has 0 atom stereocenters. The van der Waals surface area contributed by atoms with Gasteiger partial charge in [0.25, 0.3) is 0 Å². The predicted octanol–water partition coefficient (Wildman–Crippen LogP) is 5.37. The third kappa shape index (κ3) is 6.26. The van der Waals surface area contributed by atoms with E-state index in [-0.39, 0.29) is 0 Å². The second-order valence-electron chi connectivity index (χ2n) is 7.06. The van der Waals surface area contributed by atoms with Crippen molar-refractivity contribution in [2.75, 3.05) is 11.9 Å². The summed E-state index contributed by atoms with van der Waals surface area (Å²) < 4.78 is 0. The van der Waals surface area contributed by atoms with Gasteiger partial charge in [-0.2, -0.15) is 0 Å². The fourth-order valence-electron chi connectivity index (χ4n) is 3.35. The molecule has 0 amide bonds. The van der Waals surface area contributed by atoms with Crippen molar-refractivity contribution >= 4 is 5.69 Å². The Morgan fingerprint density at radius 3 is 2.04 bits per heavy atom. The average molecular weight is 359 g/mol. The van der Waals surface area contributed by atoms with Crippen LogP contribution in [-0.2, 0) is 25.8 Å². The van der Waals surface area contributed by atoms with Crippen LogP contribution in [0, 0.1) is 0 Å². The fourth-order valence-corrected chi connectivity index (χ4v) is 3.35. The molecule has 3 N–H and O–H groups in total. The Kier molecular flexibility index (Phi) is 7.49. The van der Waals surface area contributed by atoms with Gasteiger partial charge in [-0.3, -0.25) is 0 Å². The number of hydrogen-bond donors (Lipinski definition) is 2. The molecule has 0 aliphatic rings. The minimum Gasteiger partial charge on any atom is -0.381 e. The van der Waals surface area contributed by atoms with Crippen LogP contribution >= 0.6 is 0 Å². The van der Waals surface area contributed by atoms with E-state index in [0.717, 1.165) is 45.2 Å². The van der Waals surface area contributed by atoms with E-state index in [1.807, 2.05) is 0 Å². The van der Waals surface area contributed by atoms with E-state index in [4.69, 9.17) is 5.73 Å². The van der Waals surface area contributed by atoms with Crippen LogP contribution in [0.1, 0.15) is 35.1 Å². The summed E-state index contributed by atoms with van der Waals surface area (Å²) in [5.74, 6) is 0. The molecule has 0 saturated heterocycles. The number of anilines is 1. The van der Waals surface area contributed by atoms with Gasteiger partial charge in [-0.25, -0.2) is 0 Å². The van der Waals surface area contributed by atoms with E-state index < -0.39 is 0 Å². The molecule has 27 heavy (non-hydrogen) atoms. The Morgan fingerprint density at radius 1 is 0.630 bits per heavy atom. The van der Waals surface area contributed by atoms with Crippen molar-refractivity contribution in [3.63, 3.8) is 0 Å². The lowest BCUT2D eigenvalue weighted by molar-refractivity contribution is 0.744. The van der Waals surface area contributed by atoms with Gasteiger partial charge >= 0.3 is 0 Å². The van der Waals surface area contributed by atoms with Crippen LogP contribution in [0.5, 0.6) is 0 Å². The van der Waals surface area contributed by atoms with Crippen molar-refractivity contribution < 1.29 is 0 Å². The maximum Gasteiger partial charge on any atom is 0.0400 e. The summed E-state index contributed by atoms with van der Waals surface area (Å²) in [4.78, 5) is 0. The van der Waals surface area contributed by atoms with Gasteiger partial charge < -0.3 is 11.1 Å². The molecule has 0 radical (unpaired) electrons. The number of nitrogens with one attached hydrogen (secondary N) is 1. The van der Waals surface area contributed by atoms with Crippen molar-refractivity contribution in [1.29, 1.82) is 0 Å². The molecule has 0 aliphatic carbocycles. The smallest absolute Gasteiger partial charge is 0.0400 e. The van der Waals surface area contributed by atoms with Crippen LogP contribution in [0.3, 0.4) is 0 Å². The van der Waals surface area contributed by atoms with Crippen LogP contribution in [0.15, 0.2) is 78.9 Å². The van der Waals surface area contributed by atoms with Gasteiger partial charge in [0.05, 0.1) is 0 Å². The van der Waals surface area contributed by atoms with E-state index in [2.05, 4.69) is 84.2 Å². The second-order valence-corrected chi connectivity index (χ2v) is 7.06. The van der Waals surface area contributed by atoms with Crippen molar-refractivity contribution in [1.82, 2.24) is 0 Å². The van der Waals surface area contributed by atoms with E-state index in [1.165, 1.54) is 27.9 Å².